The highest BCUT2D eigenvalue weighted by molar-refractivity contribution is 6.33. The number of hydrogen-bond acceptors (Lipinski definition) is 0. The Balaban J connectivity index is 2.60. The minimum absolute atomic E-state index is 0.364. The van der Waals surface area contributed by atoms with Gasteiger partial charge in [-0.25, -0.2) is 4.39 Å². The Morgan fingerprint density at radius 3 is 2.60 bits per heavy atom. The lowest BCUT2D eigenvalue weighted by atomic mass is 10.1. The molecule has 0 heterocycles. The first-order valence-corrected chi connectivity index (χ1v) is 5.05. The molecule has 0 aliphatic heterocycles. The molecular weight excluding hydrogens is 234 g/mol. The van der Waals surface area contributed by atoms with Crippen LogP contribution in [-0.4, -0.2) is 0 Å². The number of benzene rings is 2. The van der Waals surface area contributed by atoms with Gasteiger partial charge in [-0.2, -0.15) is 0 Å². The molecule has 2 rings (SSSR count). The molecule has 2 aromatic carbocycles. The highest BCUT2D eigenvalue weighted by Gasteiger charge is 2.08. The molecule has 15 heavy (non-hydrogen) atoms. The monoisotopic (exact) mass is 239 g/mol. The first kappa shape index (κ1) is 10.5. The third kappa shape index (κ3) is 2.14. The summed E-state index contributed by atoms with van der Waals surface area (Å²) in [6, 6.07) is 12.5. The van der Waals surface area contributed by atoms with Crippen LogP contribution in [-0.2, 0) is 0 Å². The summed E-state index contributed by atoms with van der Waals surface area (Å²) in [5.74, 6) is -0.396. The van der Waals surface area contributed by atoms with E-state index in [0.29, 0.717) is 21.2 Å². The van der Waals surface area contributed by atoms with Gasteiger partial charge in [-0.15, -0.1) is 0 Å². The second kappa shape index (κ2) is 4.21. The molecule has 0 saturated carbocycles. The van der Waals surface area contributed by atoms with E-state index in [4.69, 9.17) is 23.2 Å². The summed E-state index contributed by atoms with van der Waals surface area (Å²) in [5.41, 5.74) is 0.957. The van der Waals surface area contributed by atoms with Crippen LogP contribution in [0.5, 0.6) is 0 Å². The Kier molecular flexibility index (Phi) is 2.94. The molecule has 1 radical (unpaired) electrons. The lowest BCUT2D eigenvalue weighted by Gasteiger charge is -2.05. The predicted molar refractivity (Wildman–Crippen MR) is 60.7 cm³/mol. The van der Waals surface area contributed by atoms with Crippen LogP contribution in [0.2, 0.25) is 10.0 Å². The molecule has 0 aliphatic carbocycles. The van der Waals surface area contributed by atoms with Crippen molar-refractivity contribution in [3.05, 3.63) is 58.3 Å². The Hall–Kier alpha value is -1.05. The van der Waals surface area contributed by atoms with Gasteiger partial charge in [0.15, 0.2) is 0 Å². The van der Waals surface area contributed by atoms with Crippen molar-refractivity contribution in [2.24, 2.45) is 0 Å². The van der Waals surface area contributed by atoms with E-state index >= 15 is 0 Å². The van der Waals surface area contributed by atoms with Crippen molar-refractivity contribution >= 4 is 23.2 Å². The smallest absolute Gasteiger partial charge is 0.132 e. The van der Waals surface area contributed by atoms with Crippen LogP contribution in [0.3, 0.4) is 0 Å². The summed E-state index contributed by atoms with van der Waals surface area (Å²) in [6.07, 6.45) is 0. The van der Waals surface area contributed by atoms with Crippen LogP contribution in [0, 0.1) is 11.9 Å². The molecule has 0 amide bonds. The van der Waals surface area contributed by atoms with Gasteiger partial charge >= 0.3 is 0 Å². The van der Waals surface area contributed by atoms with E-state index in [0.717, 1.165) is 0 Å². The molecule has 3 heteroatoms. The molecule has 2 aromatic rings. The van der Waals surface area contributed by atoms with Crippen LogP contribution in [0.1, 0.15) is 0 Å². The van der Waals surface area contributed by atoms with Gasteiger partial charge in [0, 0.05) is 21.2 Å². The van der Waals surface area contributed by atoms with Gasteiger partial charge in [-0.1, -0.05) is 35.3 Å². The molecule has 0 nitrogen and oxygen atoms in total. The van der Waals surface area contributed by atoms with E-state index in [1.807, 2.05) is 0 Å². The average molecular weight is 240 g/mol. The molecule has 0 atom stereocenters. The lowest BCUT2D eigenvalue weighted by molar-refractivity contribution is 0.631. The van der Waals surface area contributed by atoms with Crippen LogP contribution in [0.4, 0.5) is 4.39 Å². The number of halogens is 3. The Morgan fingerprint density at radius 1 is 1.13 bits per heavy atom. The summed E-state index contributed by atoms with van der Waals surface area (Å²) in [6.45, 7) is 0. The van der Waals surface area contributed by atoms with Crippen molar-refractivity contribution in [3.63, 3.8) is 0 Å². The normalized spacial score (nSPS) is 10.3. The second-order valence-corrected chi connectivity index (χ2v) is 3.86. The fourth-order valence-electron chi connectivity index (χ4n) is 1.31. The van der Waals surface area contributed by atoms with Crippen molar-refractivity contribution in [2.45, 2.75) is 0 Å². The summed E-state index contributed by atoms with van der Waals surface area (Å²) >= 11 is 11.6. The Labute approximate surface area is 97.3 Å². The summed E-state index contributed by atoms with van der Waals surface area (Å²) in [7, 11) is 0. The molecule has 0 saturated heterocycles. The molecular formula is C12H6Cl2F. The highest BCUT2D eigenvalue weighted by atomic mass is 35.5. The maximum atomic E-state index is 13.6. The molecule has 0 bridgehead atoms. The quantitative estimate of drug-likeness (QED) is 0.683. The van der Waals surface area contributed by atoms with Crippen LogP contribution >= 0.6 is 23.2 Å². The molecule has 75 valence electrons. The van der Waals surface area contributed by atoms with E-state index in [2.05, 4.69) is 6.07 Å². The van der Waals surface area contributed by atoms with Crippen molar-refractivity contribution in [2.75, 3.05) is 0 Å². The number of hydrogen-bond donors (Lipinski definition) is 0. The fraction of sp³-hybridized carbons (Fsp3) is 0. The first-order chi connectivity index (χ1) is 7.18. The second-order valence-electron chi connectivity index (χ2n) is 3.02. The van der Waals surface area contributed by atoms with Crippen LogP contribution < -0.4 is 0 Å². The Morgan fingerprint density at radius 2 is 1.93 bits per heavy atom. The standard InChI is InChI=1S/C12H6Cl2F/c13-8-5-6-10(12(15)7-8)9-3-1-2-4-11(9)14/h1-2,4-7H. The van der Waals surface area contributed by atoms with Gasteiger partial charge in [-0.3, -0.25) is 0 Å². The van der Waals surface area contributed by atoms with Crippen molar-refractivity contribution in [1.82, 2.24) is 0 Å². The zero-order chi connectivity index (χ0) is 10.8. The van der Waals surface area contributed by atoms with E-state index in [9.17, 15) is 4.39 Å². The van der Waals surface area contributed by atoms with Gasteiger partial charge in [0.2, 0.25) is 0 Å². The summed E-state index contributed by atoms with van der Waals surface area (Å²) < 4.78 is 13.6. The van der Waals surface area contributed by atoms with Gasteiger partial charge < -0.3 is 0 Å². The van der Waals surface area contributed by atoms with E-state index < -0.39 is 5.82 Å². The SMILES string of the molecule is Fc1cc(Cl)ccc1-c1[c]cccc1Cl. The minimum Gasteiger partial charge on any atom is -0.206 e. The summed E-state index contributed by atoms with van der Waals surface area (Å²) in [4.78, 5) is 0. The van der Waals surface area contributed by atoms with Gasteiger partial charge in [0.05, 0.1) is 0 Å². The fourth-order valence-corrected chi connectivity index (χ4v) is 1.70. The van der Waals surface area contributed by atoms with E-state index in [1.165, 1.54) is 6.07 Å². The van der Waals surface area contributed by atoms with Crippen molar-refractivity contribution in [1.29, 1.82) is 0 Å². The lowest BCUT2D eigenvalue weighted by Crippen LogP contribution is -1.85. The molecule has 0 fully saturated rings. The molecule has 0 unspecified atom stereocenters. The van der Waals surface area contributed by atoms with Crippen molar-refractivity contribution in [3.8, 4) is 11.1 Å². The summed E-state index contributed by atoms with van der Waals surface area (Å²) in [5, 5.41) is 0.835. The van der Waals surface area contributed by atoms with Crippen LogP contribution in [0.15, 0.2) is 36.4 Å². The molecule has 0 spiro atoms. The topological polar surface area (TPSA) is 0 Å². The maximum absolute atomic E-state index is 13.6. The van der Waals surface area contributed by atoms with Gasteiger partial charge in [0.25, 0.3) is 0 Å². The maximum Gasteiger partial charge on any atom is 0.132 e. The average Bonchev–Trinajstić information content (AvgIpc) is 2.20. The minimum atomic E-state index is -0.396. The molecule has 0 aromatic heterocycles. The molecule has 0 aliphatic rings. The zero-order valence-electron chi connectivity index (χ0n) is 7.60. The third-order valence-corrected chi connectivity index (χ3v) is 2.56. The predicted octanol–water partition coefficient (Wildman–Crippen LogP) is 4.60. The van der Waals surface area contributed by atoms with Gasteiger partial charge in [0.1, 0.15) is 5.82 Å². The highest BCUT2D eigenvalue weighted by Crippen LogP contribution is 2.30. The Bertz CT molecular complexity index is 495. The third-order valence-electron chi connectivity index (χ3n) is 2.01. The van der Waals surface area contributed by atoms with Crippen LogP contribution in [0.25, 0.3) is 11.1 Å². The molecule has 0 N–H and O–H groups in total. The zero-order valence-corrected chi connectivity index (χ0v) is 9.11. The van der Waals surface area contributed by atoms with E-state index in [-0.39, 0.29) is 0 Å². The van der Waals surface area contributed by atoms with E-state index in [1.54, 1.807) is 30.3 Å². The van der Waals surface area contributed by atoms with Gasteiger partial charge in [-0.05, 0) is 30.3 Å². The largest absolute Gasteiger partial charge is 0.206 e. The van der Waals surface area contributed by atoms with Crippen molar-refractivity contribution < 1.29 is 4.39 Å². The first-order valence-electron chi connectivity index (χ1n) is 4.30. The number of rotatable bonds is 1.